The molecule has 1 unspecified atom stereocenters. The van der Waals surface area contributed by atoms with Gasteiger partial charge in [0.25, 0.3) is 0 Å². The zero-order valence-corrected chi connectivity index (χ0v) is 16.6. The Labute approximate surface area is 170 Å². The molecule has 0 saturated heterocycles. The van der Waals surface area contributed by atoms with Crippen molar-refractivity contribution in [2.45, 2.75) is 24.0 Å². The normalized spacial score (nSPS) is 16.0. The van der Waals surface area contributed by atoms with Crippen LogP contribution in [0.25, 0.3) is 11.1 Å². The molecule has 6 nitrogen and oxygen atoms in total. The molecule has 2 aromatic carbocycles. The van der Waals surface area contributed by atoms with E-state index in [-0.39, 0.29) is 34.7 Å². The summed E-state index contributed by atoms with van der Waals surface area (Å²) in [5.74, 6) is -0.318. The number of nitrogens with zero attached hydrogens (tertiary/aromatic N) is 2. The zero-order valence-electron chi connectivity index (χ0n) is 15.7. The molecule has 11 heteroatoms. The highest BCUT2D eigenvalue weighted by atomic mass is 32.2. The van der Waals surface area contributed by atoms with Crippen LogP contribution in [0, 0.1) is 5.82 Å². The third-order valence-corrected chi connectivity index (χ3v) is 6.05. The minimum atomic E-state index is -4.75. The minimum absolute atomic E-state index is 0.0673. The van der Waals surface area contributed by atoms with Gasteiger partial charge in [-0.3, -0.25) is 9.98 Å². The average Bonchev–Trinajstić information content (AvgIpc) is 2.68. The van der Waals surface area contributed by atoms with E-state index in [2.05, 4.69) is 9.98 Å². The minimum Gasteiger partial charge on any atom is -0.386 e. The second-order valence-electron chi connectivity index (χ2n) is 6.65. The Balaban J connectivity index is 1.97. The Morgan fingerprint density at radius 1 is 1.07 bits per heavy atom. The number of aliphatic imine (C=N–C) groups is 2. The van der Waals surface area contributed by atoms with Crippen LogP contribution in [-0.2, 0) is 10.0 Å². The summed E-state index contributed by atoms with van der Waals surface area (Å²) in [4.78, 5) is 7.80. The largest absolute Gasteiger partial charge is 0.404 e. The number of hydrogen-bond donors (Lipinski definition) is 2. The van der Waals surface area contributed by atoms with Gasteiger partial charge in [-0.15, -0.1) is 0 Å². The number of benzene rings is 2. The van der Waals surface area contributed by atoms with Crippen LogP contribution in [0.5, 0.6) is 0 Å². The van der Waals surface area contributed by atoms with Crippen LogP contribution in [-0.4, -0.2) is 45.3 Å². The van der Waals surface area contributed by atoms with E-state index in [0.29, 0.717) is 18.5 Å². The van der Waals surface area contributed by atoms with Crippen molar-refractivity contribution >= 4 is 21.6 Å². The second-order valence-corrected chi connectivity index (χ2v) is 8.33. The summed E-state index contributed by atoms with van der Waals surface area (Å²) in [6, 6.07) is 7.17. The quantitative estimate of drug-likeness (QED) is 0.697. The lowest BCUT2D eigenvalue weighted by Gasteiger charge is -2.19. The summed E-state index contributed by atoms with van der Waals surface area (Å²) in [7, 11) is -4.52. The fourth-order valence-electron chi connectivity index (χ4n) is 2.84. The molecule has 3 N–H and O–H groups in total. The van der Waals surface area contributed by atoms with Crippen molar-refractivity contribution in [3.63, 3.8) is 0 Å². The number of nitrogens with two attached hydrogens (primary N) is 1. The summed E-state index contributed by atoms with van der Waals surface area (Å²) >= 11 is 0. The molecule has 0 bridgehead atoms. The molecule has 1 aliphatic heterocycles. The molecular weight excluding hydrogens is 424 g/mol. The van der Waals surface area contributed by atoms with Gasteiger partial charge >= 0.3 is 6.18 Å². The van der Waals surface area contributed by atoms with Crippen molar-refractivity contribution in [2.24, 2.45) is 15.7 Å². The summed E-state index contributed by atoms with van der Waals surface area (Å²) in [6.07, 6.45) is -4.75. The van der Waals surface area contributed by atoms with Gasteiger partial charge in [0.05, 0.1) is 23.7 Å². The maximum atomic E-state index is 14.7. The Morgan fingerprint density at radius 2 is 1.77 bits per heavy atom. The van der Waals surface area contributed by atoms with E-state index < -0.39 is 28.1 Å². The molecule has 3 rings (SSSR count). The van der Waals surface area contributed by atoms with E-state index in [4.69, 9.17) is 5.73 Å². The van der Waals surface area contributed by atoms with Crippen LogP contribution >= 0.6 is 0 Å². The topological polar surface area (TPSA) is 96.9 Å². The van der Waals surface area contributed by atoms with Gasteiger partial charge < -0.3 is 5.73 Å². The first kappa shape index (κ1) is 21.9. The van der Waals surface area contributed by atoms with E-state index in [0.717, 1.165) is 12.1 Å². The Morgan fingerprint density at radius 3 is 2.37 bits per heavy atom. The molecule has 30 heavy (non-hydrogen) atoms. The molecule has 0 radical (unpaired) electrons. The van der Waals surface area contributed by atoms with Crippen molar-refractivity contribution in [3.8, 4) is 11.1 Å². The van der Waals surface area contributed by atoms with E-state index in [9.17, 15) is 26.0 Å². The monoisotopic (exact) mass is 442 g/mol. The molecule has 0 aliphatic carbocycles. The second kappa shape index (κ2) is 8.15. The number of halogens is 4. The van der Waals surface area contributed by atoms with Crippen LogP contribution in [0.1, 0.15) is 12.5 Å². The molecule has 0 fully saturated rings. The van der Waals surface area contributed by atoms with Crippen LogP contribution in [0.4, 0.5) is 17.6 Å². The molecule has 1 heterocycles. The van der Waals surface area contributed by atoms with Gasteiger partial charge in [0.1, 0.15) is 17.7 Å². The summed E-state index contributed by atoms with van der Waals surface area (Å²) in [6.45, 7) is 0.974. The molecule has 1 atom stereocenters. The molecule has 160 valence electrons. The Hall–Kier alpha value is -2.79. The lowest BCUT2D eigenvalue weighted by Crippen LogP contribution is -2.43. The Kier molecular flexibility index (Phi) is 5.95. The van der Waals surface area contributed by atoms with Crippen LogP contribution in [0.3, 0.4) is 0 Å². The van der Waals surface area contributed by atoms with Gasteiger partial charge in [0, 0.05) is 11.1 Å². The molecule has 0 saturated carbocycles. The van der Waals surface area contributed by atoms with Gasteiger partial charge in [0.15, 0.2) is 0 Å². The van der Waals surface area contributed by atoms with Crippen molar-refractivity contribution in [2.75, 3.05) is 13.1 Å². The van der Waals surface area contributed by atoms with Crippen LogP contribution in [0.2, 0.25) is 0 Å². The maximum absolute atomic E-state index is 14.7. The highest BCUT2D eigenvalue weighted by Crippen LogP contribution is 2.30. The summed E-state index contributed by atoms with van der Waals surface area (Å²) in [5.41, 5.74) is 6.40. The van der Waals surface area contributed by atoms with Crippen LogP contribution < -0.4 is 10.5 Å². The SMILES string of the molecule is CC(NS(=O)(=O)c1ccccc1-c1ccc(C2=NCC(N)=NC2)c(F)c1)C(F)(F)F. The van der Waals surface area contributed by atoms with E-state index >= 15 is 0 Å². The van der Waals surface area contributed by atoms with Crippen molar-refractivity contribution < 1.29 is 26.0 Å². The Bertz CT molecular complexity index is 1130. The number of amidine groups is 1. The first-order valence-corrected chi connectivity index (χ1v) is 10.3. The van der Waals surface area contributed by atoms with Crippen molar-refractivity contribution in [3.05, 3.63) is 53.8 Å². The maximum Gasteiger partial charge on any atom is 0.404 e. The number of hydrogen-bond acceptors (Lipinski definition) is 5. The molecule has 0 spiro atoms. The smallest absolute Gasteiger partial charge is 0.386 e. The molecule has 1 aliphatic rings. The van der Waals surface area contributed by atoms with Gasteiger partial charge in [0.2, 0.25) is 10.0 Å². The van der Waals surface area contributed by atoms with Crippen molar-refractivity contribution in [1.29, 1.82) is 0 Å². The van der Waals surface area contributed by atoms with E-state index in [1.807, 2.05) is 0 Å². The van der Waals surface area contributed by atoms with Crippen LogP contribution in [0.15, 0.2) is 57.3 Å². The highest BCUT2D eigenvalue weighted by Gasteiger charge is 2.39. The highest BCUT2D eigenvalue weighted by molar-refractivity contribution is 7.89. The third-order valence-electron chi connectivity index (χ3n) is 4.45. The first-order valence-electron chi connectivity index (χ1n) is 8.79. The number of rotatable bonds is 5. The lowest BCUT2D eigenvalue weighted by molar-refractivity contribution is -0.147. The van der Waals surface area contributed by atoms with Gasteiger partial charge in [-0.1, -0.05) is 24.3 Å². The number of sulfonamides is 1. The predicted molar refractivity (Wildman–Crippen MR) is 106 cm³/mol. The summed E-state index contributed by atoms with van der Waals surface area (Å²) < 4.78 is 79.9. The van der Waals surface area contributed by atoms with E-state index in [1.165, 1.54) is 30.3 Å². The third kappa shape index (κ3) is 4.68. The first-order chi connectivity index (χ1) is 14.0. The molecule has 2 aromatic rings. The average molecular weight is 442 g/mol. The molecular formula is C19H18F4N4O2S. The molecule has 0 amide bonds. The van der Waals surface area contributed by atoms with Gasteiger partial charge in [-0.2, -0.15) is 17.9 Å². The van der Waals surface area contributed by atoms with Crippen molar-refractivity contribution in [1.82, 2.24) is 4.72 Å². The van der Waals surface area contributed by atoms with Gasteiger partial charge in [-0.25, -0.2) is 12.8 Å². The summed E-state index contributed by atoms with van der Waals surface area (Å²) in [5, 5.41) is 0. The fraction of sp³-hybridized carbons (Fsp3) is 0.263. The fourth-order valence-corrected chi connectivity index (χ4v) is 4.30. The zero-order chi connectivity index (χ0) is 22.1. The van der Waals surface area contributed by atoms with E-state index in [1.54, 1.807) is 4.72 Å². The standard InChI is InChI=1S/C19H18F4N4O2S/c1-11(19(21,22)23)27-30(28,29)17-5-3-2-4-13(17)12-6-7-14(15(20)8-12)16-9-26-18(24)10-25-16/h2-8,11,27H,9-10H2,1H3,(H2,24,26). The predicted octanol–water partition coefficient (Wildman–Crippen LogP) is 2.88. The number of nitrogens with one attached hydrogen (secondary N) is 1. The number of alkyl halides is 3. The molecule has 0 aromatic heterocycles. The lowest BCUT2D eigenvalue weighted by atomic mass is 10.0. The van der Waals surface area contributed by atoms with Gasteiger partial charge in [-0.05, 0) is 30.7 Å².